The molecule has 2 atom stereocenters. The summed E-state index contributed by atoms with van der Waals surface area (Å²) in [5, 5.41) is 3.74. The van der Waals surface area contributed by atoms with Crippen LogP contribution in [0.4, 0.5) is 0 Å². The van der Waals surface area contributed by atoms with Crippen molar-refractivity contribution in [1.29, 1.82) is 0 Å². The number of nitrogens with zero attached hydrogens (tertiary/aromatic N) is 2. The molecule has 26 heavy (non-hydrogen) atoms. The molecule has 0 bridgehead atoms. The Hall–Kier alpha value is -1.55. The molecule has 2 heterocycles. The zero-order valence-corrected chi connectivity index (χ0v) is 16.9. The fourth-order valence-electron chi connectivity index (χ4n) is 4.89. The second-order valence-electron chi connectivity index (χ2n) is 8.46. The lowest BCUT2D eigenvalue weighted by molar-refractivity contribution is 0.0508. The molecular weight excluding hydrogens is 322 g/mol. The van der Waals surface area contributed by atoms with Crippen molar-refractivity contribution in [3.05, 3.63) is 35.4 Å². The Bertz CT molecular complexity index is 612. The molecule has 2 saturated heterocycles. The quantitative estimate of drug-likeness (QED) is 0.663. The molecule has 2 unspecified atom stereocenters. The van der Waals surface area contributed by atoms with E-state index in [2.05, 4.69) is 60.2 Å². The van der Waals surface area contributed by atoms with Gasteiger partial charge in [0.15, 0.2) is 5.96 Å². The first-order valence-corrected chi connectivity index (χ1v) is 10.1. The summed E-state index contributed by atoms with van der Waals surface area (Å²) in [6.45, 7) is 11.7. The first-order valence-electron chi connectivity index (χ1n) is 10.1. The summed E-state index contributed by atoms with van der Waals surface area (Å²) in [6, 6.07) is 8.84. The number of rotatable bonds is 3. The van der Waals surface area contributed by atoms with E-state index in [4.69, 9.17) is 4.74 Å². The maximum absolute atomic E-state index is 5.70. The summed E-state index contributed by atoms with van der Waals surface area (Å²) >= 11 is 0. The number of nitrogens with one attached hydrogen (secondary N) is 1. The van der Waals surface area contributed by atoms with E-state index in [9.17, 15) is 0 Å². The summed E-state index contributed by atoms with van der Waals surface area (Å²) in [5.74, 6) is 2.51. The lowest BCUT2D eigenvalue weighted by atomic mass is 9.72. The van der Waals surface area contributed by atoms with Gasteiger partial charge in [0.05, 0.1) is 0 Å². The normalized spacial score (nSPS) is 26.6. The molecule has 0 saturated carbocycles. The zero-order valence-electron chi connectivity index (χ0n) is 16.9. The van der Waals surface area contributed by atoms with E-state index >= 15 is 0 Å². The Morgan fingerprint density at radius 1 is 1.19 bits per heavy atom. The van der Waals surface area contributed by atoms with Gasteiger partial charge in [-0.2, -0.15) is 0 Å². The highest BCUT2D eigenvalue weighted by molar-refractivity contribution is 5.80. The number of aliphatic imine (C=N–C) groups is 1. The van der Waals surface area contributed by atoms with Crippen molar-refractivity contribution >= 4 is 5.96 Å². The molecule has 0 aromatic heterocycles. The molecule has 1 N–H and O–H groups in total. The van der Waals surface area contributed by atoms with Crippen molar-refractivity contribution in [2.45, 2.75) is 45.4 Å². The van der Waals surface area contributed by atoms with Gasteiger partial charge in [-0.25, -0.2) is 0 Å². The molecular formula is C22H35N3O. The minimum atomic E-state index is 0.132. The fraction of sp³-hybridized carbons (Fsp3) is 0.682. The smallest absolute Gasteiger partial charge is 0.193 e. The minimum absolute atomic E-state index is 0.132. The van der Waals surface area contributed by atoms with Gasteiger partial charge in [0, 0.05) is 45.3 Å². The Morgan fingerprint density at radius 2 is 1.85 bits per heavy atom. The lowest BCUT2D eigenvalue weighted by Gasteiger charge is -2.41. The fourth-order valence-corrected chi connectivity index (χ4v) is 4.89. The molecule has 0 radical (unpaired) electrons. The van der Waals surface area contributed by atoms with E-state index in [1.807, 2.05) is 7.05 Å². The predicted molar refractivity (Wildman–Crippen MR) is 109 cm³/mol. The van der Waals surface area contributed by atoms with Gasteiger partial charge in [-0.3, -0.25) is 4.99 Å². The monoisotopic (exact) mass is 357 g/mol. The molecule has 1 aromatic carbocycles. The van der Waals surface area contributed by atoms with E-state index in [0.717, 1.165) is 63.5 Å². The van der Waals surface area contributed by atoms with Crippen molar-refractivity contribution in [2.75, 3.05) is 39.9 Å². The summed E-state index contributed by atoms with van der Waals surface area (Å²) in [4.78, 5) is 7.06. The third kappa shape index (κ3) is 4.22. The Kier molecular flexibility index (Phi) is 6.23. The Balaban J connectivity index is 1.76. The van der Waals surface area contributed by atoms with Crippen LogP contribution in [0.1, 0.15) is 44.2 Å². The van der Waals surface area contributed by atoms with Gasteiger partial charge >= 0.3 is 0 Å². The van der Waals surface area contributed by atoms with Gasteiger partial charge in [0.25, 0.3) is 0 Å². The molecule has 1 aromatic rings. The second-order valence-corrected chi connectivity index (χ2v) is 8.46. The molecule has 0 amide bonds. The van der Waals surface area contributed by atoms with Crippen LogP contribution in [-0.2, 0) is 10.2 Å². The highest BCUT2D eigenvalue weighted by Crippen LogP contribution is 2.36. The van der Waals surface area contributed by atoms with Crippen LogP contribution in [0.3, 0.4) is 0 Å². The number of hydrogen-bond acceptors (Lipinski definition) is 2. The largest absolute Gasteiger partial charge is 0.381 e. The van der Waals surface area contributed by atoms with Gasteiger partial charge < -0.3 is 15.0 Å². The van der Waals surface area contributed by atoms with Crippen LogP contribution < -0.4 is 5.32 Å². The molecule has 2 aliphatic heterocycles. The van der Waals surface area contributed by atoms with Crippen LogP contribution >= 0.6 is 0 Å². The van der Waals surface area contributed by atoms with E-state index in [1.54, 1.807) is 0 Å². The predicted octanol–water partition coefficient (Wildman–Crippen LogP) is 3.60. The summed E-state index contributed by atoms with van der Waals surface area (Å²) in [5.41, 5.74) is 2.98. The summed E-state index contributed by atoms with van der Waals surface area (Å²) in [6.07, 6.45) is 3.45. The van der Waals surface area contributed by atoms with E-state index < -0.39 is 0 Å². The van der Waals surface area contributed by atoms with Crippen molar-refractivity contribution in [3.8, 4) is 0 Å². The zero-order chi connectivity index (χ0) is 18.6. The van der Waals surface area contributed by atoms with Gasteiger partial charge in [0.2, 0.25) is 0 Å². The molecule has 2 aliphatic rings. The first-order chi connectivity index (χ1) is 12.5. The Morgan fingerprint density at radius 3 is 2.46 bits per heavy atom. The van der Waals surface area contributed by atoms with E-state index in [-0.39, 0.29) is 5.41 Å². The summed E-state index contributed by atoms with van der Waals surface area (Å²) in [7, 11) is 1.91. The second kappa shape index (κ2) is 8.43. The average Bonchev–Trinajstić information content (AvgIpc) is 2.62. The number of hydrogen-bond donors (Lipinski definition) is 1. The van der Waals surface area contributed by atoms with Crippen LogP contribution in [0.2, 0.25) is 0 Å². The lowest BCUT2D eigenvalue weighted by Crippen LogP contribution is -2.52. The SMILES string of the molecule is CN=C(NCC1(c2ccccc2C)CCOCC1)N1CC(C)CC(C)C1. The van der Waals surface area contributed by atoms with Gasteiger partial charge in [-0.1, -0.05) is 38.1 Å². The van der Waals surface area contributed by atoms with Crippen LogP contribution in [0.25, 0.3) is 0 Å². The number of guanidine groups is 1. The highest BCUT2D eigenvalue weighted by Gasteiger charge is 2.36. The summed E-state index contributed by atoms with van der Waals surface area (Å²) < 4.78 is 5.70. The molecule has 0 spiro atoms. The number of aryl methyl sites for hydroxylation is 1. The molecule has 4 heteroatoms. The van der Waals surface area contributed by atoms with Crippen molar-refractivity contribution in [2.24, 2.45) is 16.8 Å². The van der Waals surface area contributed by atoms with Crippen LogP contribution in [0.15, 0.2) is 29.3 Å². The molecule has 144 valence electrons. The van der Waals surface area contributed by atoms with Crippen molar-refractivity contribution < 1.29 is 4.74 Å². The minimum Gasteiger partial charge on any atom is -0.381 e. The maximum Gasteiger partial charge on any atom is 0.193 e. The van der Waals surface area contributed by atoms with Crippen molar-refractivity contribution in [3.63, 3.8) is 0 Å². The van der Waals surface area contributed by atoms with E-state index in [0.29, 0.717) is 0 Å². The topological polar surface area (TPSA) is 36.9 Å². The van der Waals surface area contributed by atoms with E-state index in [1.165, 1.54) is 17.5 Å². The maximum atomic E-state index is 5.70. The van der Waals surface area contributed by atoms with Crippen LogP contribution in [-0.4, -0.2) is 50.8 Å². The molecule has 2 fully saturated rings. The standard InChI is InChI=1S/C22H35N3O/c1-17-13-18(2)15-25(14-17)21(23-4)24-16-22(9-11-26-12-10-22)20-8-6-5-7-19(20)3/h5-8,17-18H,9-16H2,1-4H3,(H,23,24). The molecule has 0 aliphatic carbocycles. The average molecular weight is 358 g/mol. The van der Waals surface area contributed by atoms with Gasteiger partial charge in [-0.15, -0.1) is 0 Å². The molecule has 4 nitrogen and oxygen atoms in total. The number of ether oxygens (including phenoxy) is 1. The van der Waals surface area contributed by atoms with Gasteiger partial charge in [0.1, 0.15) is 0 Å². The Labute approximate surface area is 159 Å². The number of likely N-dealkylation sites (tertiary alicyclic amines) is 1. The third-order valence-corrected chi connectivity index (χ3v) is 6.13. The van der Waals surface area contributed by atoms with Crippen molar-refractivity contribution in [1.82, 2.24) is 10.2 Å². The molecule has 3 rings (SSSR count). The number of benzene rings is 1. The third-order valence-electron chi connectivity index (χ3n) is 6.13. The highest BCUT2D eigenvalue weighted by atomic mass is 16.5. The van der Waals surface area contributed by atoms with Crippen LogP contribution in [0, 0.1) is 18.8 Å². The first kappa shape index (κ1) is 19.2. The number of piperidine rings is 1. The van der Waals surface area contributed by atoms with Crippen LogP contribution in [0.5, 0.6) is 0 Å². The van der Waals surface area contributed by atoms with Gasteiger partial charge in [-0.05, 0) is 49.1 Å².